The molecule has 5 heteroatoms. The third-order valence-electron chi connectivity index (χ3n) is 1.71. The lowest BCUT2D eigenvalue weighted by atomic mass is 10.1. The molecule has 0 aliphatic carbocycles. The van der Waals surface area contributed by atoms with Crippen molar-refractivity contribution >= 4 is 28.9 Å². The Hall–Kier alpha value is -0.480. The zero-order valence-corrected chi connectivity index (χ0v) is 8.31. The maximum Gasteiger partial charge on any atom is 0.0913 e. The topological polar surface area (TPSA) is 72.3 Å². The highest BCUT2D eigenvalue weighted by atomic mass is 35.5. The van der Waals surface area contributed by atoms with E-state index in [1.165, 1.54) is 0 Å². The van der Waals surface area contributed by atoms with E-state index in [0.29, 0.717) is 21.3 Å². The van der Waals surface area contributed by atoms with E-state index in [1.54, 1.807) is 12.1 Å². The molecule has 0 aliphatic rings. The molecular formula is C8H10Cl2N2O. The number of rotatable bonds is 2. The summed E-state index contributed by atoms with van der Waals surface area (Å²) in [6.45, 7) is 0.122. The van der Waals surface area contributed by atoms with E-state index in [9.17, 15) is 5.11 Å². The van der Waals surface area contributed by atoms with Crippen LogP contribution in [0.4, 0.5) is 5.69 Å². The molecule has 13 heavy (non-hydrogen) atoms. The molecule has 0 aliphatic heterocycles. The van der Waals surface area contributed by atoms with Gasteiger partial charge < -0.3 is 16.6 Å². The van der Waals surface area contributed by atoms with Crippen LogP contribution in [0.15, 0.2) is 12.1 Å². The third-order valence-corrected chi connectivity index (χ3v) is 2.33. The molecule has 0 saturated carbocycles. The molecular weight excluding hydrogens is 211 g/mol. The lowest BCUT2D eigenvalue weighted by Crippen LogP contribution is -2.11. The quantitative estimate of drug-likeness (QED) is 0.663. The van der Waals surface area contributed by atoms with Crippen LogP contribution < -0.4 is 11.5 Å². The summed E-state index contributed by atoms with van der Waals surface area (Å²) < 4.78 is 0. The minimum atomic E-state index is -0.754. The van der Waals surface area contributed by atoms with Gasteiger partial charge in [-0.3, -0.25) is 0 Å². The largest absolute Gasteiger partial charge is 0.396 e. The monoisotopic (exact) mass is 220 g/mol. The van der Waals surface area contributed by atoms with Crippen LogP contribution in [0, 0.1) is 0 Å². The van der Waals surface area contributed by atoms with Crippen molar-refractivity contribution in [2.24, 2.45) is 5.73 Å². The Morgan fingerprint density at radius 3 is 2.15 bits per heavy atom. The molecule has 0 amide bonds. The summed E-state index contributed by atoms with van der Waals surface area (Å²) in [5.74, 6) is 0. The SMILES string of the molecule is NCC(O)c1cc(Cl)c(N)c(Cl)c1. The second-order valence-corrected chi connectivity index (χ2v) is 3.46. The highest BCUT2D eigenvalue weighted by molar-refractivity contribution is 6.38. The first-order valence-electron chi connectivity index (χ1n) is 3.68. The fourth-order valence-corrected chi connectivity index (χ4v) is 1.44. The number of aliphatic hydroxyl groups excluding tert-OH is 1. The van der Waals surface area contributed by atoms with E-state index >= 15 is 0 Å². The van der Waals surface area contributed by atoms with Crippen molar-refractivity contribution < 1.29 is 5.11 Å². The van der Waals surface area contributed by atoms with Gasteiger partial charge in [0.25, 0.3) is 0 Å². The molecule has 0 radical (unpaired) electrons. The number of nitrogen functional groups attached to an aromatic ring is 1. The average molecular weight is 221 g/mol. The fraction of sp³-hybridized carbons (Fsp3) is 0.250. The Labute approximate surface area is 86.2 Å². The van der Waals surface area contributed by atoms with Gasteiger partial charge in [-0.15, -0.1) is 0 Å². The van der Waals surface area contributed by atoms with Crippen LogP contribution in [-0.2, 0) is 0 Å². The van der Waals surface area contributed by atoms with Crippen molar-refractivity contribution in [2.45, 2.75) is 6.10 Å². The van der Waals surface area contributed by atoms with Crippen LogP contribution >= 0.6 is 23.2 Å². The summed E-state index contributed by atoms with van der Waals surface area (Å²) >= 11 is 11.5. The minimum Gasteiger partial charge on any atom is -0.396 e. The predicted octanol–water partition coefficient (Wildman–Crippen LogP) is 1.57. The van der Waals surface area contributed by atoms with E-state index < -0.39 is 6.10 Å². The van der Waals surface area contributed by atoms with Crippen molar-refractivity contribution in [3.8, 4) is 0 Å². The molecule has 72 valence electrons. The summed E-state index contributed by atoms with van der Waals surface area (Å²) in [5.41, 5.74) is 11.7. The highest BCUT2D eigenvalue weighted by Crippen LogP contribution is 2.30. The number of nitrogens with two attached hydrogens (primary N) is 2. The summed E-state index contributed by atoms with van der Waals surface area (Å²) in [4.78, 5) is 0. The van der Waals surface area contributed by atoms with Crippen LogP contribution in [0.3, 0.4) is 0 Å². The molecule has 1 unspecified atom stereocenters. The number of hydrogen-bond acceptors (Lipinski definition) is 3. The molecule has 3 nitrogen and oxygen atoms in total. The first-order chi connectivity index (χ1) is 6.06. The predicted molar refractivity (Wildman–Crippen MR) is 54.9 cm³/mol. The summed E-state index contributed by atoms with van der Waals surface area (Å²) in [6.07, 6.45) is -0.754. The Bertz CT molecular complexity index is 294. The Morgan fingerprint density at radius 1 is 1.31 bits per heavy atom. The van der Waals surface area contributed by atoms with Gasteiger partial charge >= 0.3 is 0 Å². The molecule has 0 fully saturated rings. The first-order valence-corrected chi connectivity index (χ1v) is 4.44. The summed E-state index contributed by atoms with van der Waals surface area (Å²) in [6, 6.07) is 3.11. The van der Waals surface area contributed by atoms with Crippen molar-refractivity contribution in [2.75, 3.05) is 12.3 Å². The number of aliphatic hydroxyl groups is 1. The summed E-state index contributed by atoms with van der Waals surface area (Å²) in [5, 5.41) is 10.0. The van der Waals surface area contributed by atoms with Gasteiger partial charge in [-0.25, -0.2) is 0 Å². The highest BCUT2D eigenvalue weighted by Gasteiger charge is 2.10. The molecule has 1 atom stereocenters. The van der Waals surface area contributed by atoms with Crippen LogP contribution in [0.1, 0.15) is 11.7 Å². The Kier molecular flexibility index (Phi) is 3.39. The second-order valence-electron chi connectivity index (χ2n) is 2.65. The van der Waals surface area contributed by atoms with Crippen LogP contribution in [-0.4, -0.2) is 11.7 Å². The van der Waals surface area contributed by atoms with Gasteiger partial charge in [0.1, 0.15) is 0 Å². The molecule has 5 N–H and O–H groups in total. The maximum absolute atomic E-state index is 9.39. The van der Waals surface area contributed by atoms with E-state index in [4.69, 9.17) is 34.7 Å². The van der Waals surface area contributed by atoms with Crippen LogP contribution in [0.25, 0.3) is 0 Å². The van der Waals surface area contributed by atoms with Gasteiger partial charge in [-0.2, -0.15) is 0 Å². The first kappa shape index (κ1) is 10.6. The van der Waals surface area contributed by atoms with Gasteiger partial charge in [0, 0.05) is 6.54 Å². The maximum atomic E-state index is 9.39. The molecule has 1 rings (SSSR count). The zero-order chi connectivity index (χ0) is 10.0. The van der Waals surface area contributed by atoms with Crippen molar-refractivity contribution in [3.05, 3.63) is 27.7 Å². The standard InChI is InChI=1S/C8H10Cl2N2O/c9-5-1-4(7(13)3-11)2-6(10)8(5)12/h1-2,7,13H,3,11-12H2. The molecule has 1 aromatic rings. The van der Waals surface area contributed by atoms with Gasteiger partial charge in [-0.1, -0.05) is 23.2 Å². The molecule has 0 spiro atoms. The number of hydrogen-bond donors (Lipinski definition) is 3. The molecule has 0 heterocycles. The van der Waals surface area contributed by atoms with Gasteiger partial charge in [0.05, 0.1) is 21.8 Å². The Morgan fingerprint density at radius 2 is 1.77 bits per heavy atom. The van der Waals surface area contributed by atoms with Crippen LogP contribution in [0.5, 0.6) is 0 Å². The van der Waals surface area contributed by atoms with Crippen molar-refractivity contribution in [3.63, 3.8) is 0 Å². The third kappa shape index (κ3) is 2.25. The Balaban J connectivity index is 3.13. The second kappa shape index (κ2) is 4.15. The molecule has 0 saturated heterocycles. The lowest BCUT2D eigenvalue weighted by Gasteiger charge is -2.10. The lowest BCUT2D eigenvalue weighted by molar-refractivity contribution is 0.187. The minimum absolute atomic E-state index is 0.122. The van der Waals surface area contributed by atoms with Gasteiger partial charge in [0.15, 0.2) is 0 Å². The number of anilines is 1. The molecule has 1 aromatic carbocycles. The average Bonchev–Trinajstić information content (AvgIpc) is 2.12. The summed E-state index contributed by atoms with van der Waals surface area (Å²) in [7, 11) is 0. The van der Waals surface area contributed by atoms with Crippen molar-refractivity contribution in [1.82, 2.24) is 0 Å². The van der Waals surface area contributed by atoms with Gasteiger partial charge in [0.2, 0.25) is 0 Å². The van der Waals surface area contributed by atoms with E-state index in [0.717, 1.165) is 0 Å². The molecule has 0 aromatic heterocycles. The van der Waals surface area contributed by atoms with E-state index in [1.807, 2.05) is 0 Å². The number of benzene rings is 1. The normalized spacial score (nSPS) is 12.9. The van der Waals surface area contributed by atoms with Crippen LogP contribution in [0.2, 0.25) is 10.0 Å². The smallest absolute Gasteiger partial charge is 0.0913 e. The fourth-order valence-electron chi connectivity index (χ4n) is 0.932. The van der Waals surface area contributed by atoms with E-state index in [2.05, 4.69) is 0 Å². The number of halogens is 2. The van der Waals surface area contributed by atoms with Crippen molar-refractivity contribution in [1.29, 1.82) is 0 Å². The molecule has 0 bridgehead atoms. The van der Waals surface area contributed by atoms with Gasteiger partial charge in [-0.05, 0) is 17.7 Å². The zero-order valence-electron chi connectivity index (χ0n) is 6.80. The van der Waals surface area contributed by atoms with E-state index in [-0.39, 0.29) is 6.54 Å².